The van der Waals surface area contributed by atoms with E-state index in [9.17, 15) is 9.59 Å². The van der Waals surface area contributed by atoms with Gasteiger partial charge in [0.25, 0.3) is 5.56 Å². The summed E-state index contributed by atoms with van der Waals surface area (Å²) in [6.45, 7) is 8.40. The van der Waals surface area contributed by atoms with E-state index in [1.165, 1.54) is 16.9 Å². The number of allylic oxidation sites excluding steroid dienone is 1. The van der Waals surface area contributed by atoms with E-state index >= 15 is 0 Å². The van der Waals surface area contributed by atoms with Crippen molar-refractivity contribution in [1.82, 2.24) is 9.55 Å². The summed E-state index contributed by atoms with van der Waals surface area (Å²) >= 11 is 1.36. The number of nitrogens with one attached hydrogen (secondary N) is 1. The molecule has 0 radical (unpaired) electrons. The highest BCUT2D eigenvalue weighted by molar-refractivity contribution is 7.07. The van der Waals surface area contributed by atoms with E-state index < -0.39 is 12.0 Å². The number of fused-ring (bicyclic) bond motifs is 2. The number of benzene rings is 2. The maximum atomic E-state index is 13.9. The fraction of sp³-hybridized carbons (Fsp3) is 0.300. The first-order valence-corrected chi connectivity index (χ1v) is 13.6. The second-order valence-corrected chi connectivity index (χ2v) is 10.5. The van der Waals surface area contributed by atoms with Crippen LogP contribution >= 0.6 is 11.3 Å². The molecule has 1 aliphatic heterocycles. The lowest BCUT2D eigenvalue weighted by molar-refractivity contribution is -0.139. The Kier molecular flexibility index (Phi) is 6.98. The van der Waals surface area contributed by atoms with Gasteiger partial charge in [0.2, 0.25) is 0 Å². The largest absolute Gasteiger partial charge is 0.463 e. The summed E-state index contributed by atoms with van der Waals surface area (Å²) in [7, 11) is 0. The van der Waals surface area contributed by atoms with Crippen molar-refractivity contribution in [2.75, 3.05) is 6.61 Å². The summed E-state index contributed by atoms with van der Waals surface area (Å²) in [5.41, 5.74) is 5.01. The molecule has 2 aromatic carbocycles. The molecule has 0 saturated carbocycles. The minimum absolute atomic E-state index is 0.163. The first-order valence-electron chi connectivity index (χ1n) is 12.8. The maximum absolute atomic E-state index is 13.9. The zero-order valence-corrected chi connectivity index (χ0v) is 22.4. The average Bonchev–Trinajstić information content (AvgIpc) is 3.44. The zero-order chi connectivity index (χ0) is 26.1. The van der Waals surface area contributed by atoms with Gasteiger partial charge in [-0.05, 0) is 42.5 Å². The predicted molar refractivity (Wildman–Crippen MR) is 148 cm³/mol. The Labute approximate surface area is 219 Å². The molecule has 0 aliphatic carbocycles. The molecule has 0 bridgehead atoms. The van der Waals surface area contributed by atoms with Gasteiger partial charge in [-0.25, -0.2) is 9.79 Å². The number of rotatable bonds is 7. The molecular weight excluding hydrogens is 482 g/mol. The standard InChI is InChI=1S/C30H31N3O3S/c1-5-9-24-26(29(35)36-6-2)27(20-14-12-19(13-15-20)18(3)4)33-28(34)25(37-30(33)32-24)16-21-17-31-23-11-8-7-10-22(21)23/h7-8,10-18,27,31H,5-6,9H2,1-4H3/b25-16-/t27-/m1/s1. The van der Waals surface area contributed by atoms with Crippen molar-refractivity contribution >= 4 is 34.3 Å². The van der Waals surface area contributed by atoms with Gasteiger partial charge >= 0.3 is 5.97 Å². The monoisotopic (exact) mass is 513 g/mol. The van der Waals surface area contributed by atoms with E-state index in [-0.39, 0.29) is 12.2 Å². The molecule has 2 aromatic heterocycles. The molecule has 0 spiro atoms. The van der Waals surface area contributed by atoms with Crippen LogP contribution in [-0.2, 0) is 9.53 Å². The molecule has 1 atom stereocenters. The first-order chi connectivity index (χ1) is 17.9. The molecule has 0 unspecified atom stereocenters. The number of ether oxygens (including phenoxy) is 1. The minimum atomic E-state index is -0.594. The SMILES string of the molecule is CCCC1=C(C(=O)OCC)[C@@H](c2ccc(C(C)C)cc2)n2c(s/c(=C\c3c[nH]c4ccccc34)c2=O)=N1. The summed E-state index contributed by atoms with van der Waals surface area (Å²) in [4.78, 5) is 36.0. The van der Waals surface area contributed by atoms with Gasteiger partial charge in [-0.15, -0.1) is 0 Å². The molecule has 1 aliphatic rings. The van der Waals surface area contributed by atoms with Crippen molar-refractivity contribution in [3.05, 3.63) is 102 Å². The van der Waals surface area contributed by atoms with Gasteiger partial charge < -0.3 is 9.72 Å². The maximum Gasteiger partial charge on any atom is 0.338 e. The molecule has 1 N–H and O–H groups in total. The number of hydrogen-bond donors (Lipinski definition) is 1. The van der Waals surface area contributed by atoms with E-state index in [1.807, 2.05) is 48.7 Å². The van der Waals surface area contributed by atoms with E-state index in [0.717, 1.165) is 28.5 Å². The number of hydrogen-bond acceptors (Lipinski definition) is 5. The molecule has 5 rings (SSSR count). The third-order valence-electron chi connectivity index (χ3n) is 6.72. The highest BCUT2D eigenvalue weighted by Crippen LogP contribution is 2.33. The molecule has 7 heteroatoms. The topological polar surface area (TPSA) is 76.5 Å². The van der Waals surface area contributed by atoms with Crippen molar-refractivity contribution < 1.29 is 9.53 Å². The number of H-pyrrole nitrogens is 1. The van der Waals surface area contributed by atoms with Crippen LogP contribution in [0.5, 0.6) is 0 Å². The second-order valence-electron chi connectivity index (χ2n) is 9.52. The van der Waals surface area contributed by atoms with E-state index in [1.54, 1.807) is 11.5 Å². The number of aromatic nitrogens is 2. The highest BCUT2D eigenvalue weighted by Gasteiger charge is 2.34. The summed E-state index contributed by atoms with van der Waals surface area (Å²) in [6, 6.07) is 15.6. The van der Waals surface area contributed by atoms with Crippen molar-refractivity contribution in [3.8, 4) is 0 Å². The van der Waals surface area contributed by atoms with Crippen molar-refractivity contribution in [1.29, 1.82) is 0 Å². The Balaban J connectivity index is 1.75. The fourth-order valence-corrected chi connectivity index (χ4v) is 5.86. The molecule has 4 aromatic rings. The van der Waals surface area contributed by atoms with E-state index in [4.69, 9.17) is 9.73 Å². The summed E-state index contributed by atoms with van der Waals surface area (Å²) in [5.74, 6) is -0.0403. The molecule has 0 fully saturated rings. The zero-order valence-electron chi connectivity index (χ0n) is 21.6. The number of carbonyl (C=O) groups is 1. The lowest BCUT2D eigenvalue weighted by atomic mass is 9.92. The van der Waals surface area contributed by atoms with Crippen molar-refractivity contribution in [2.24, 2.45) is 4.99 Å². The van der Waals surface area contributed by atoms with Crippen LogP contribution in [0.1, 0.15) is 69.2 Å². The Morgan fingerprint density at radius 2 is 1.92 bits per heavy atom. The number of para-hydroxylation sites is 1. The van der Waals surface area contributed by atoms with Crippen LogP contribution in [0.2, 0.25) is 0 Å². The summed E-state index contributed by atoms with van der Waals surface area (Å²) in [5, 5.41) is 1.05. The van der Waals surface area contributed by atoms with Crippen LogP contribution < -0.4 is 14.9 Å². The lowest BCUT2D eigenvalue weighted by Gasteiger charge is -2.26. The van der Waals surface area contributed by atoms with Crippen molar-refractivity contribution in [2.45, 2.75) is 52.5 Å². The van der Waals surface area contributed by atoms with Gasteiger partial charge in [0, 0.05) is 22.7 Å². The number of carbonyl (C=O) groups excluding carboxylic acids is 1. The second kappa shape index (κ2) is 10.3. The van der Waals surface area contributed by atoms with E-state index in [2.05, 4.69) is 37.9 Å². The Morgan fingerprint density at radius 1 is 1.16 bits per heavy atom. The molecular formula is C30H31N3O3S. The van der Waals surface area contributed by atoms with Gasteiger partial charge in [-0.2, -0.15) is 0 Å². The first kappa shape index (κ1) is 25.0. The average molecular weight is 514 g/mol. The quantitative estimate of drug-likeness (QED) is 0.346. The smallest absolute Gasteiger partial charge is 0.338 e. The molecule has 190 valence electrons. The number of esters is 1. The molecule has 0 saturated heterocycles. The van der Waals surface area contributed by atoms with Crippen LogP contribution in [-0.4, -0.2) is 22.1 Å². The van der Waals surface area contributed by atoms with Crippen LogP contribution in [0, 0.1) is 0 Å². The third kappa shape index (κ3) is 4.60. The van der Waals surface area contributed by atoms with Gasteiger partial charge in [0.1, 0.15) is 0 Å². The minimum Gasteiger partial charge on any atom is -0.463 e. The highest BCUT2D eigenvalue weighted by atomic mass is 32.1. The normalized spacial score (nSPS) is 15.8. The number of thiazole rings is 1. The van der Waals surface area contributed by atoms with Gasteiger partial charge in [0.05, 0.1) is 28.5 Å². The number of aromatic amines is 1. The molecule has 6 nitrogen and oxygen atoms in total. The Morgan fingerprint density at radius 3 is 2.62 bits per heavy atom. The van der Waals surface area contributed by atoms with Gasteiger partial charge in [0.15, 0.2) is 4.80 Å². The Hall–Kier alpha value is -3.71. The van der Waals surface area contributed by atoms with Gasteiger partial charge in [-0.3, -0.25) is 9.36 Å². The summed E-state index contributed by atoms with van der Waals surface area (Å²) < 4.78 is 7.73. The lowest BCUT2D eigenvalue weighted by Crippen LogP contribution is -2.40. The van der Waals surface area contributed by atoms with Crippen LogP contribution in [0.4, 0.5) is 0 Å². The van der Waals surface area contributed by atoms with Gasteiger partial charge in [-0.1, -0.05) is 81.0 Å². The fourth-order valence-electron chi connectivity index (χ4n) is 4.85. The molecule has 3 heterocycles. The van der Waals surface area contributed by atoms with Crippen LogP contribution in [0.15, 0.2) is 75.8 Å². The van der Waals surface area contributed by atoms with E-state index in [0.29, 0.717) is 32.9 Å². The summed E-state index contributed by atoms with van der Waals surface area (Å²) in [6.07, 6.45) is 5.28. The van der Waals surface area contributed by atoms with Crippen LogP contribution in [0.3, 0.4) is 0 Å². The predicted octanol–water partition coefficient (Wildman–Crippen LogP) is 5.18. The van der Waals surface area contributed by atoms with Crippen molar-refractivity contribution in [3.63, 3.8) is 0 Å². The third-order valence-corrected chi connectivity index (χ3v) is 7.70. The molecule has 37 heavy (non-hydrogen) atoms. The number of nitrogens with zero attached hydrogens (tertiary/aromatic N) is 2. The Bertz CT molecular complexity index is 1670. The molecule has 0 amide bonds. The van der Waals surface area contributed by atoms with Crippen LogP contribution in [0.25, 0.3) is 17.0 Å².